The molecule has 0 radical (unpaired) electrons. The summed E-state index contributed by atoms with van der Waals surface area (Å²) in [6.07, 6.45) is 3.30. The monoisotopic (exact) mass is 290 g/mol. The molecule has 0 spiro atoms. The average molecular weight is 290 g/mol. The zero-order chi connectivity index (χ0) is 15.2. The second-order valence-electron chi connectivity index (χ2n) is 8.33. The molecule has 118 valence electrons. The molecule has 0 aromatic heterocycles. The highest BCUT2D eigenvalue weighted by molar-refractivity contribution is 5.03. The number of hydrogen-bond acceptors (Lipinski definition) is 0. The Balaban J connectivity index is 1.72. The summed E-state index contributed by atoms with van der Waals surface area (Å²) in [5.41, 5.74) is -0.492. The smallest absolute Gasteiger partial charge is 0.170 e. The predicted molar refractivity (Wildman–Crippen MR) is 76.5 cm³/mol. The molecule has 0 aliphatic heterocycles. The largest absolute Gasteiger partial charge is 0.394 e. The molecule has 0 amide bonds. The second-order valence-corrected chi connectivity index (χ2v) is 8.33. The third-order valence-electron chi connectivity index (χ3n) is 6.28. The van der Waals surface area contributed by atoms with Crippen molar-refractivity contribution in [1.82, 2.24) is 0 Å². The van der Waals surface area contributed by atoms with Gasteiger partial charge in [-0.05, 0) is 55.3 Å². The van der Waals surface area contributed by atoms with Crippen LogP contribution >= 0.6 is 0 Å². The molecule has 1 atom stereocenters. The van der Waals surface area contributed by atoms with E-state index in [0.29, 0.717) is 23.7 Å². The number of rotatable bonds is 6. The molecule has 0 heterocycles. The molecule has 0 aromatic rings. The van der Waals surface area contributed by atoms with Crippen molar-refractivity contribution in [3.05, 3.63) is 0 Å². The van der Waals surface area contributed by atoms with E-state index in [1.165, 1.54) is 19.3 Å². The van der Waals surface area contributed by atoms with Crippen molar-refractivity contribution in [2.75, 3.05) is 0 Å². The summed E-state index contributed by atoms with van der Waals surface area (Å²) in [4.78, 5) is 0. The molecule has 3 heteroatoms. The summed E-state index contributed by atoms with van der Waals surface area (Å²) in [6, 6.07) is 0. The Morgan fingerprint density at radius 1 is 0.950 bits per heavy atom. The van der Waals surface area contributed by atoms with Gasteiger partial charge in [0.1, 0.15) is 0 Å². The Morgan fingerprint density at radius 3 is 1.85 bits per heavy atom. The highest BCUT2D eigenvalue weighted by Gasteiger charge is 2.65. The van der Waals surface area contributed by atoms with Gasteiger partial charge in [-0.3, -0.25) is 0 Å². The van der Waals surface area contributed by atoms with E-state index in [-0.39, 0.29) is 5.92 Å². The highest BCUT2D eigenvalue weighted by Crippen LogP contribution is 2.64. The van der Waals surface area contributed by atoms with E-state index in [4.69, 9.17) is 0 Å². The van der Waals surface area contributed by atoms with Gasteiger partial charge in [0.2, 0.25) is 0 Å². The average Bonchev–Trinajstić information content (AvgIpc) is 3.11. The Kier molecular flexibility index (Phi) is 3.97. The van der Waals surface area contributed by atoms with Gasteiger partial charge in [0, 0.05) is 0 Å². The zero-order valence-corrected chi connectivity index (χ0v) is 13.4. The first-order chi connectivity index (χ1) is 9.04. The summed E-state index contributed by atoms with van der Waals surface area (Å²) in [5.74, 6) is -0.202. The predicted octanol–water partition coefficient (Wildman–Crippen LogP) is 6.35. The lowest BCUT2D eigenvalue weighted by molar-refractivity contribution is -0.201. The lowest BCUT2D eigenvalue weighted by Crippen LogP contribution is -2.31. The highest BCUT2D eigenvalue weighted by atomic mass is 19.4. The Morgan fingerprint density at radius 2 is 1.50 bits per heavy atom. The molecule has 0 bridgehead atoms. The molecule has 2 aliphatic carbocycles. The molecule has 0 nitrogen and oxygen atoms in total. The zero-order valence-electron chi connectivity index (χ0n) is 13.4. The van der Waals surface area contributed by atoms with E-state index in [9.17, 15) is 13.2 Å². The number of unbranched alkanes of at least 4 members (excludes halogenated alkanes) is 1. The molecular weight excluding hydrogens is 261 g/mol. The first kappa shape index (κ1) is 16.2. The molecule has 20 heavy (non-hydrogen) atoms. The van der Waals surface area contributed by atoms with Crippen molar-refractivity contribution in [2.45, 2.75) is 85.2 Å². The van der Waals surface area contributed by atoms with Gasteiger partial charge in [-0.25, -0.2) is 0 Å². The number of alkyl halides is 3. The van der Waals surface area contributed by atoms with Crippen molar-refractivity contribution in [2.24, 2.45) is 22.2 Å². The van der Waals surface area contributed by atoms with Crippen LogP contribution in [0.15, 0.2) is 0 Å². The summed E-state index contributed by atoms with van der Waals surface area (Å²) in [6.45, 7) is 8.69. The van der Waals surface area contributed by atoms with Crippen LogP contribution in [-0.2, 0) is 0 Å². The SMILES string of the molecule is CC(CCCCC1(C(C)(C)C)CC1)C1(C(F)(F)F)CC1. The molecule has 2 aliphatic rings. The van der Waals surface area contributed by atoms with E-state index in [0.717, 1.165) is 19.3 Å². The van der Waals surface area contributed by atoms with Crippen LogP contribution in [0.3, 0.4) is 0 Å². The van der Waals surface area contributed by atoms with E-state index >= 15 is 0 Å². The molecule has 0 saturated heterocycles. The summed E-state index contributed by atoms with van der Waals surface area (Å²) in [7, 11) is 0. The fourth-order valence-corrected chi connectivity index (χ4v) is 3.91. The van der Waals surface area contributed by atoms with E-state index in [2.05, 4.69) is 20.8 Å². The van der Waals surface area contributed by atoms with Gasteiger partial charge >= 0.3 is 6.18 Å². The molecule has 0 N–H and O–H groups in total. The van der Waals surface area contributed by atoms with Crippen LogP contribution in [0.25, 0.3) is 0 Å². The molecule has 2 rings (SSSR count). The van der Waals surface area contributed by atoms with Crippen molar-refractivity contribution in [3.63, 3.8) is 0 Å². The van der Waals surface area contributed by atoms with Gasteiger partial charge in [-0.1, -0.05) is 40.5 Å². The molecule has 1 unspecified atom stereocenters. The Labute approximate surface area is 121 Å². The maximum atomic E-state index is 13.0. The van der Waals surface area contributed by atoms with E-state index < -0.39 is 11.6 Å². The van der Waals surface area contributed by atoms with Gasteiger partial charge < -0.3 is 0 Å². The van der Waals surface area contributed by atoms with Crippen LogP contribution in [0.1, 0.15) is 79.1 Å². The summed E-state index contributed by atoms with van der Waals surface area (Å²) >= 11 is 0. The topological polar surface area (TPSA) is 0 Å². The lowest BCUT2D eigenvalue weighted by atomic mass is 9.74. The fourth-order valence-electron chi connectivity index (χ4n) is 3.91. The van der Waals surface area contributed by atoms with Crippen LogP contribution in [0.5, 0.6) is 0 Å². The fraction of sp³-hybridized carbons (Fsp3) is 1.00. The lowest BCUT2D eigenvalue weighted by Gasteiger charge is -2.31. The molecule has 2 fully saturated rings. The second kappa shape index (κ2) is 4.91. The molecular formula is C17H29F3. The maximum absolute atomic E-state index is 13.0. The van der Waals surface area contributed by atoms with Gasteiger partial charge in [0.25, 0.3) is 0 Å². The van der Waals surface area contributed by atoms with E-state index in [1.807, 2.05) is 0 Å². The van der Waals surface area contributed by atoms with Crippen molar-refractivity contribution < 1.29 is 13.2 Å². The minimum absolute atomic E-state index is 0.202. The molecule has 2 saturated carbocycles. The number of halogens is 3. The maximum Gasteiger partial charge on any atom is 0.394 e. The van der Waals surface area contributed by atoms with Crippen LogP contribution in [-0.4, -0.2) is 6.18 Å². The Bertz CT molecular complexity index is 340. The van der Waals surface area contributed by atoms with Gasteiger partial charge in [-0.2, -0.15) is 13.2 Å². The van der Waals surface area contributed by atoms with Crippen LogP contribution in [0.2, 0.25) is 0 Å². The third-order valence-corrected chi connectivity index (χ3v) is 6.28. The summed E-state index contributed by atoms with van der Waals surface area (Å²) < 4.78 is 39.0. The van der Waals surface area contributed by atoms with Crippen LogP contribution < -0.4 is 0 Å². The van der Waals surface area contributed by atoms with Crippen molar-refractivity contribution in [3.8, 4) is 0 Å². The van der Waals surface area contributed by atoms with Crippen LogP contribution in [0.4, 0.5) is 13.2 Å². The van der Waals surface area contributed by atoms with Gasteiger partial charge in [0.15, 0.2) is 0 Å². The van der Waals surface area contributed by atoms with Crippen molar-refractivity contribution in [1.29, 1.82) is 0 Å². The van der Waals surface area contributed by atoms with Gasteiger partial charge in [-0.15, -0.1) is 0 Å². The first-order valence-electron chi connectivity index (χ1n) is 8.11. The normalized spacial score (nSPS) is 25.4. The minimum atomic E-state index is -3.99. The van der Waals surface area contributed by atoms with Crippen molar-refractivity contribution >= 4 is 0 Å². The number of hydrogen-bond donors (Lipinski definition) is 0. The van der Waals surface area contributed by atoms with E-state index in [1.54, 1.807) is 6.92 Å². The standard InChI is InChI=1S/C17H29F3/c1-13(16(11-12-16)17(18,19)20)7-5-6-8-15(9-10-15)14(2,3)4/h13H,5-12H2,1-4H3. The van der Waals surface area contributed by atoms with Crippen LogP contribution in [0, 0.1) is 22.2 Å². The first-order valence-corrected chi connectivity index (χ1v) is 8.11. The minimum Gasteiger partial charge on any atom is -0.170 e. The molecule has 0 aromatic carbocycles. The summed E-state index contributed by atoms with van der Waals surface area (Å²) in [5, 5.41) is 0. The van der Waals surface area contributed by atoms with Gasteiger partial charge in [0.05, 0.1) is 5.41 Å². The quantitative estimate of drug-likeness (QED) is 0.500. The Hall–Kier alpha value is -0.210. The third kappa shape index (κ3) is 2.87.